The Hall–Kier alpha value is -2.75. The van der Waals surface area contributed by atoms with Crippen LogP contribution in [0.25, 0.3) is 19.6 Å². The van der Waals surface area contributed by atoms with Crippen LogP contribution in [0.15, 0.2) is 97.1 Å². The third-order valence-corrected chi connectivity index (χ3v) is 11.4. The molecule has 0 aliphatic heterocycles. The minimum atomic E-state index is -0.198. The molecule has 4 aromatic rings. The molecular formula is C48H60NiO4S4-4. The first kappa shape index (κ1) is 50.4. The van der Waals surface area contributed by atoms with Crippen LogP contribution in [0.1, 0.15) is 102 Å². The Kier molecular flexibility index (Phi) is 21.5. The molecule has 9 heteroatoms. The number of hydrogen-bond acceptors (Lipinski definition) is 8. The monoisotopic (exact) mass is 886 g/mol. The van der Waals surface area contributed by atoms with E-state index in [1.165, 1.54) is 0 Å². The van der Waals surface area contributed by atoms with Crippen LogP contribution < -0.4 is 9.47 Å². The van der Waals surface area contributed by atoms with E-state index in [0.717, 1.165) is 57.7 Å². The van der Waals surface area contributed by atoms with E-state index in [4.69, 9.17) is 69.5 Å². The van der Waals surface area contributed by atoms with Crippen molar-refractivity contribution in [2.75, 3.05) is 40.6 Å². The molecule has 0 bridgehead atoms. The summed E-state index contributed by atoms with van der Waals surface area (Å²) in [6, 6.07) is 32.2. The predicted molar refractivity (Wildman–Crippen MR) is 249 cm³/mol. The normalized spacial score (nSPS) is 12.6. The van der Waals surface area contributed by atoms with Gasteiger partial charge in [0.1, 0.15) is 11.5 Å². The van der Waals surface area contributed by atoms with Gasteiger partial charge in [-0.3, -0.25) is 0 Å². The summed E-state index contributed by atoms with van der Waals surface area (Å²) in [6.07, 6.45) is 2.01. The first-order valence-electron chi connectivity index (χ1n) is 19.3. The molecule has 0 aliphatic carbocycles. The second kappa shape index (κ2) is 24.4. The summed E-state index contributed by atoms with van der Waals surface area (Å²) >= 11 is 23.1. The van der Waals surface area contributed by atoms with Gasteiger partial charge in [0, 0.05) is 41.5 Å². The maximum atomic E-state index is 6.10. The van der Waals surface area contributed by atoms with Crippen molar-refractivity contribution in [3.63, 3.8) is 0 Å². The molecule has 0 atom stereocenters. The molecule has 0 aromatic heterocycles. The van der Waals surface area contributed by atoms with Crippen LogP contribution in [0, 0.1) is 11.8 Å². The van der Waals surface area contributed by atoms with Gasteiger partial charge < -0.3 is 69.5 Å². The Bertz CT molecular complexity index is 1870. The minimum Gasteiger partial charge on any atom is -0.781 e. The van der Waals surface area contributed by atoms with E-state index in [1.54, 1.807) is 14.2 Å². The Labute approximate surface area is 376 Å². The quantitative estimate of drug-likeness (QED) is 0.0556. The van der Waals surface area contributed by atoms with Crippen molar-refractivity contribution >= 4 is 70.1 Å². The SMILES string of the molecule is COCC(C)(C)c1ccc(OCCC(C)C)c(/C([S-])=C(/[S-])c2ccccc2)c1.COCC(C)(C)c1ccc(OCCC(C)C)cc1/C([S-])=C(/[S-])c1ccccc1.[Ni]. The Morgan fingerprint density at radius 3 is 1.51 bits per heavy atom. The molecule has 314 valence electrons. The standard InChI is InChI=1S/2C24H32O2S2.Ni/c1-17(2)13-14-26-19-11-12-21(24(3,4)16-25-5)20(15-19)23(28)22(27)18-9-7-6-8-10-18;1-17(2)13-14-26-21-12-11-19(24(3,4)16-25-5)15-20(21)23(28)22(27)18-9-7-6-8-10-18;/h2*6-12,15,17,27-28H,13-14,16H2,1-5H3;/p-4/b2*23-22-;. The molecular weight excluding hydrogens is 827 g/mol. The maximum absolute atomic E-state index is 6.10. The average Bonchev–Trinajstić information content (AvgIpc) is 3.17. The summed E-state index contributed by atoms with van der Waals surface area (Å²) < 4.78 is 23.0. The van der Waals surface area contributed by atoms with Gasteiger partial charge in [-0.1, -0.05) is 128 Å². The first-order chi connectivity index (χ1) is 26.5. The predicted octanol–water partition coefficient (Wildman–Crippen LogP) is 11.9. The van der Waals surface area contributed by atoms with Crippen molar-refractivity contribution in [1.82, 2.24) is 0 Å². The molecule has 0 heterocycles. The fourth-order valence-corrected chi connectivity index (χ4v) is 7.09. The number of methoxy groups -OCH3 is 2. The number of hydrogen-bond donors (Lipinski definition) is 0. The van der Waals surface area contributed by atoms with E-state index in [1.807, 2.05) is 78.9 Å². The molecule has 4 aromatic carbocycles. The summed E-state index contributed by atoms with van der Waals surface area (Å²) in [7, 11) is 3.44. The molecule has 0 saturated heterocycles. The summed E-state index contributed by atoms with van der Waals surface area (Å²) in [5.74, 6) is 2.80. The van der Waals surface area contributed by atoms with Gasteiger partial charge in [0.15, 0.2) is 0 Å². The molecule has 57 heavy (non-hydrogen) atoms. The Balaban J connectivity index is 0.000000387. The third-order valence-electron chi connectivity index (χ3n) is 9.38. The summed E-state index contributed by atoms with van der Waals surface area (Å²) in [5.41, 5.74) is 5.69. The van der Waals surface area contributed by atoms with Crippen LogP contribution in [-0.2, 0) is 87.3 Å². The smallest absolute Gasteiger partial charge is 0.124 e. The number of ether oxygens (including phenoxy) is 4. The van der Waals surface area contributed by atoms with Crippen molar-refractivity contribution in [2.45, 2.75) is 79.1 Å². The number of benzene rings is 4. The van der Waals surface area contributed by atoms with Crippen molar-refractivity contribution in [3.8, 4) is 11.5 Å². The maximum Gasteiger partial charge on any atom is 0.124 e. The van der Waals surface area contributed by atoms with Crippen LogP contribution in [0.5, 0.6) is 11.5 Å². The zero-order valence-corrected chi connectivity index (χ0v) is 39.5. The average molecular weight is 888 g/mol. The van der Waals surface area contributed by atoms with Gasteiger partial charge in [-0.2, -0.15) is 19.6 Å². The van der Waals surface area contributed by atoms with Crippen LogP contribution in [0.4, 0.5) is 0 Å². The van der Waals surface area contributed by atoms with Gasteiger partial charge in [-0.05, 0) is 82.3 Å². The van der Waals surface area contributed by atoms with Crippen LogP contribution in [0.3, 0.4) is 0 Å². The van der Waals surface area contributed by atoms with E-state index in [0.29, 0.717) is 57.9 Å². The molecule has 0 fully saturated rings. The molecule has 0 saturated carbocycles. The van der Waals surface area contributed by atoms with Crippen molar-refractivity contribution < 1.29 is 35.4 Å². The van der Waals surface area contributed by atoms with Crippen molar-refractivity contribution in [1.29, 1.82) is 0 Å². The Morgan fingerprint density at radius 1 is 0.544 bits per heavy atom. The van der Waals surface area contributed by atoms with E-state index in [2.05, 4.69) is 73.6 Å². The third kappa shape index (κ3) is 15.4. The molecule has 4 rings (SSSR count). The molecule has 0 spiro atoms. The van der Waals surface area contributed by atoms with E-state index >= 15 is 0 Å². The van der Waals surface area contributed by atoms with E-state index in [-0.39, 0.29) is 27.3 Å². The van der Waals surface area contributed by atoms with Crippen LogP contribution in [-0.4, -0.2) is 40.6 Å². The van der Waals surface area contributed by atoms with E-state index < -0.39 is 0 Å². The molecule has 0 aliphatic rings. The molecule has 0 unspecified atom stereocenters. The van der Waals surface area contributed by atoms with Gasteiger partial charge in [0.25, 0.3) is 0 Å². The molecule has 4 nitrogen and oxygen atoms in total. The summed E-state index contributed by atoms with van der Waals surface area (Å²) in [4.78, 5) is 2.68. The minimum absolute atomic E-state index is 0. The Morgan fingerprint density at radius 2 is 1.02 bits per heavy atom. The topological polar surface area (TPSA) is 36.9 Å². The fraction of sp³-hybridized carbons (Fsp3) is 0.417. The second-order valence-electron chi connectivity index (χ2n) is 16.2. The summed E-state index contributed by atoms with van der Waals surface area (Å²) in [5, 5.41) is 0. The van der Waals surface area contributed by atoms with Crippen LogP contribution >= 0.6 is 0 Å². The molecule has 0 amide bonds. The van der Waals surface area contributed by atoms with Crippen molar-refractivity contribution in [3.05, 3.63) is 130 Å². The second-order valence-corrected chi connectivity index (χ2v) is 17.8. The van der Waals surface area contributed by atoms with Gasteiger partial charge >= 0.3 is 0 Å². The zero-order valence-electron chi connectivity index (χ0n) is 35.2. The molecule has 0 N–H and O–H groups in total. The van der Waals surface area contributed by atoms with E-state index in [9.17, 15) is 0 Å². The van der Waals surface area contributed by atoms with Gasteiger partial charge in [-0.25, -0.2) is 0 Å². The van der Waals surface area contributed by atoms with Gasteiger partial charge in [0.2, 0.25) is 0 Å². The first-order valence-corrected chi connectivity index (χ1v) is 21.0. The fourth-order valence-electron chi connectivity index (χ4n) is 6.03. The van der Waals surface area contributed by atoms with Gasteiger partial charge in [0.05, 0.1) is 26.4 Å². The zero-order chi connectivity index (χ0) is 41.5. The molecule has 0 radical (unpaired) electrons. The summed E-state index contributed by atoms with van der Waals surface area (Å²) in [6.45, 7) is 20.0. The van der Waals surface area contributed by atoms with Crippen molar-refractivity contribution in [2.24, 2.45) is 11.8 Å². The van der Waals surface area contributed by atoms with Gasteiger partial charge in [-0.15, -0.1) is 0 Å². The van der Waals surface area contributed by atoms with Crippen LogP contribution in [0.2, 0.25) is 0 Å². The largest absolute Gasteiger partial charge is 0.781 e. The number of rotatable bonds is 18.